The van der Waals surface area contributed by atoms with Crippen molar-refractivity contribution in [2.24, 2.45) is 0 Å². The zero-order valence-corrected chi connectivity index (χ0v) is 15.4. The second-order valence-corrected chi connectivity index (χ2v) is 6.99. The topological polar surface area (TPSA) is 66.4 Å². The smallest absolute Gasteiger partial charge is 0.303 e. The number of carboxylic acids is 1. The number of unbranched alkanes of at least 4 members (excludes halogenated alkanes) is 2. The second kappa shape index (κ2) is 9.87. The number of carboxylic acid groups (broad SMARTS) is 1. The number of benzene rings is 1. The summed E-state index contributed by atoms with van der Waals surface area (Å²) in [5.74, 6) is -1.37. The van der Waals surface area contributed by atoms with Crippen LogP contribution in [0.1, 0.15) is 41.7 Å². The van der Waals surface area contributed by atoms with E-state index in [0.29, 0.717) is 30.5 Å². The summed E-state index contributed by atoms with van der Waals surface area (Å²) in [7, 11) is 0. The molecular weight excluding hydrogens is 353 g/mol. The average molecular weight is 375 g/mol. The van der Waals surface area contributed by atoms with Gasteiger partial charge in [0, 0.05) is 23.4 Å². The molecule has 0 saturated heterocycles. The highest BCUT2D eigenvalue weighted by molar-refractivity contribution is 7.11. The van der Waals surface area contributed by atoms with Crippen LogP contribution >= 0.6 is 11.3 Å². The van der Waals surface area contributed by atoms with E-state index >= 15 is 0 Å². The predicted molar refractivity (Wildman–Crippen MR) is 102 cm³/mol. The van der Waals surface area contributed by atoms with Crippen LogP contribution in [0.25, 0.3) is 11.6 Å². The number of hydrogen-bond donors (Lipinski definition) is 2. The third-order valence-electron chi connectivity index (χ3n) is 3.79. The molecule has 0 saturated carbocycles. The Morgan fingerprint density at radius 1 is 1.19 bits per heavy atom. The van der Waals surface area contributed by atoms with Crippen LogP contribution in [-0.2, 0) is 9.59 Å². The van der Waals surface area contributed by atoms with Crippen molar-refractivity contribution in [1.29, 1.82) is 0 Å². The summed E-state index contributed by atoms with van der Waals surface area (Å²) in [4.78, 5) is 24.1. The van der Waals surface area contributed by atoms with Crippen LogP contribution in [0.5, 0.6) is 0 Å². The highest BCUT2D eigenvalue weighted by Gasteiger charge is 2.12. The Hall–Kier alpha value is -2.47. The first-order valence-electron chi connectivity index (χ1n) is 8.48. The number of hydrogen-bond acceptors (Lipinski definition) is 3. The van der Waals surface area contributed by atoms with Crippen LogP contribution in [0.4, 0.5) is 4.39 Å². The van der Waals surface area contributed by atoms with Crippen molar-refractivity contribution in [2.75, 3.05) is 6.54 Å². The lowest BCUT2D eigenvalue weighted by Gasteiger charge is -2.09. The maximum atomic E-state index is 13.2. The minimum Gasteiger partial charge on any atom is -0.481 e. The second-order valence-electron chi connectivity index (χ2n) is 6.05. The van der Waals surface area contributed by atoms with Gasteiger partial charge in [-0.15, -0.1) is 11.3 Å². The summed E-state index contributed by atoms with van der Waals surface area (Å²) in [6.07, 6.45) is 4.01. The van der Waals surface area contributed by atoms with Crippen molar-refractivity contribution in [3.8, 4) is 0 Å². The number of amides is 1. The van der Waals surface area contributed by atoms with E-state index in [1.54, 1.807) is 23.5 Å². The lowest BCUT2D eigenvalue weighted by molar-refractivity contribution is -0.137. The van der Waals surface area contributed by atoms with Gasteiger partial charge in [-0.1, -0.05) is 18.6 Å². The fraction of sp³-hybridized carbons (Fsp3) is 0.300. The molecule has 1 aromatic heterocycles. The third-order valence-corrected chi connectivity index (χ3v) is 4.79. The SMILES string of the molecule is Cc1csc(C=C(C(=O)NCCCCCC(=O)O)c2ccc(F)cc2)c1. The van der Waals surface area contributed by atoms with Gasteiger partial charge < -0.3 is 10.4 Å². The number of carbonyl (C=O) groups is 2. The molecule has 2 aromatic rings. The summed E-state index contributed by atoms with van der Waals surface area (Å²) in [6, 6.07) is 7.85. The van der Waals surface area contributed by atoms with Crippen LogP contribution in [0.2, 0.25) is 0 Å². The van der Waals surface area contributed by atoms with E-state index in [2.05, 4.69) is 5.32 Å². The first kappa shape index (κ1) is 19.8. The fourth-order valence-electron chi connectivity index (χ4n) is 2.46. The van der Waals surface area contributed by atoms with Gasteiger partial charge in [0.05, 0.1) is 0 Å². The monoisotopic (exact) mass is 375 g/mol. The largest absolute Gasteiger partial charge is 0.481 e. The molecule has 4 nitrogen and oxygen atoms in total. The van der Waals surface area contributed by atoms with Gasteiger partial charge in [-0.2, -0.15) is 0 Å². The van der Waals surface area contributed by atoms with Gasteiger partial charge in [-0.25, -0.2) is 4.39 Å². The summed E-state index contributed by atoms with van der Waals surface area (Å²) in [5.41, 5.74) is 2.26. The number of rotatable bonds is 9. The molecule has 0 aliphatic carbocycles. The molecule has 0 unspecified atom stereocenters. The van der Waals surface area contributed by atoms with E-state index in [-0.39, 0.29) is 18.1 Å². The molecule has 2 rings (SSSR count). The minimum absolute atomic E-state index is 0.145. The van der Waals surface area contributed by atoms with Gasteiger partial charge >= 0.3 is 5.97 Å². The maximum Gasteiger partial charge on any atom is 0.303 e. The Labute approximate surface area is 156 Å². The zero-order chi connectivity index (χ0) is 18.9. The lowest BCUT2D eigenvalue weighted by Crippen LogP contribution is -2.25. The number of thiophene rings is 1. The highest BCUT2D eigenvalue weighted by Crippen LogP contribution is 2.23. The van der Waals surface area contributed by atoms with E-state index in [1.807, 2.05) is 24.4 Å². The van der Waals surface area contributed by atoms with Crippen molar-refractivity contribution in [3.63, 3.8) is 0 Å². The molecule has 0 aliphatic rings. The Morgan fingerprint density at radius 3 is 2.54 bits per heavy atom. The van der Waals surface area contributed by atoms with Gasteiger partial charge in [0.15, 0.2) is 0 Å². The molecule has 2 N–H and O–H groups in total. The molecule has 0 spiro atoms. The summed E-state index contributed by atoms with van der Waals surface area (Å²) >= 11 is 1.54. The Balaban J connectivity index is 2.03. The predicted octanol–water partition coefficient (Wildman–Crippen LogP) is 4.50. The van der Waals surface area contributed by atoms with Crippen LogP contribution < -0.4 is 5.32 Å². The van der Waals surface area contributed by atoms with Gasteiger partial charge in [-0.05, 0) is 60.5 Å². The quantitative estimate of drug-likeness (QED) is 0.501. The van der Waals surface area contributed by atoms with E-state index in [9.17, 15) is 14.0 Å². The molecule has 0 radical (unpaired) electrons. The van der Waals surface area contributed by atoms with Crippen molar-refractivity contribution in [3.05, 3.63) is 57.5 Å². The van der Waals surface area contributed by atoms with Crippen LogP contribution in [0.15, 0.2) is 35.7 Å². The molecule has 26 heavy (non-hydrogen) atoms. The number of nitrogens with one attached hydrogen (secondary N) is 1. The van der Waals surface area contributed by atoms with Crippen LogP contribution in [0.3, 0.4) is 0 Å². The molecule has 1 aromatic carbocycles. The number of carbonyl (C=O) groups excluding carboxylic acids is 1. The number of halogens is 1. The Kier molecular flexibility index (Phi) is 7.53. The summed E-state index contributed by atoms with van der Waals surface area (Å²) < 4.78 is 13.2. The lowest BCUT2D eigenvalue weighted by atomic mass is 10.0. The molecule has 138 valence electrons. The summed E-state index contributed by atoms with van der Waals surface area (Å²) in [6.45, 7) is 2.46. The van der Waals surface area contributed by atoms with E-state index in [0.717, 1.165) is 16.9 Å². The molecule has 0 bridgehead atoms. The van der Waals surface area contributed by atoms with E-state index < -0.39 is 5.97 Å². The molecule has 6 heteroatoms. The van der Waals surface area contributed by atoms with Crippen molar-refractivity contribution in [1.82, 2.24) is 5.32 Å². The summed E-state index contributed by atoms with van der Waals surface area (Å²) in [5, 5.41) is 13.5. The molecule has 1 amide bonds. The number of aliphatic carboxylic acids is 1. The molecule has 0 aliphatic heterocycles. The molecular formula is C20H22FNO3S. The van der Waals surface area contributed by atoms with Crippen molar-refractivity contribution in [2.45, 2.75) is 32.6 Å². The van der Waals surface area contributed by atoms with Crippen molar-refractivity contribution >= 4 is 34.9 Å². The average Bonchev–Trinajstić information content (AvgIpc) is 3.01. The normalized spacial score (nSPS) is 11.4. The fourth-order valence-corrected chi connectivity index (χ4v) is 3.29. The molecule has 0 atom stereocenters. The Bertz CT molecular complexity index is 781. The first-order chi connectivity index (χ1) is 12.5. The van der Waals surface area contributed by atoms with Gasteiger partial charge in [-0.3, -0.25) is 9.59 Å². The zero-order valence-electron chi connectivity index (χ0n) is 14.6. The van der Waals surface area contributed by atoms with Gasteiger partial charge in [0.2, 0.25) is 0 Å². The van der Waals surface area contributed by atoms with Crippen molar-refractivity contribution < 1.29 is 19.1 Å². The number of aryl methyl sites for hydroxylation is 1. The van der Waals surface area contributed by atoms with Crippen LogP contribution in [-0.4, -0.2) is 23.5 Å². The molecule has 0 fully saturated rings. The molecule has 1 heterocycles. The van der Waals surface area contributed by atoms with Gasteiger partial charge in [0.1, 0.15) is 5.82 Å². The third kappa shape index (κ3) is 6.44. The van der Waals surface area contributed by atoms with Crippen LogP contribution in [0, 0.1) is 12.7 Å². The standard InChI is InChI=1S/C20H22FNO3S/c1-14-11-17(26-13-14)12-18(15-6-8-16(21)9-7-15)20(25)22-10-4-2-3-5-19(23)24/h6-9,11-13H,2-5,10H2,1H3,(H,22,25)(H,23,24). The first-order valence-corrected chi connectivity index (χ1v) is 9.36. The Morgan fingerprint density at radius 2 is 1.92 bits per heavy atom. The van der Waals surface area contributed by atoms with Gasteiger partial charge in [0.25, 0.3) is 5.91 Å². The highest BCUT2D eigenvalue weighted by atomic mass is 32.1. The van der Waals surface area contributed by atoms with E-state index in [1.165, 1.54) is 12.1 Å². The maximum absolute atomic E-state index is 13.2. The van der Waals surface area contributed by atoms with E-state index in [4.69, 9.17) is 5.11 Å². The minimum atomic E-state index is -0.804.